The first kappa shape index (κ1) is 17.5. The van der Waals surface area contributed by atoms with E-state index in [9.17, 15) is 4.79 Å². The van der Waals surface area contributed by atoms with E-state index in [0.29, 0.717) is 18.9 Å². The first-order chi connectivity index (χ1) is 12.9. The molecule has 0 bridgehead atoms. The van der Waals surface area contributed by atoms with Crippen LogP contribution in [0, 0.1) is 13.8 Å². The number of nitrogens with one attached hydrogen (secondary N) is 2. The molecule has 0 saturated carbocycles. The van der Waals surface area contributed by atoms with Crippen molar-refractivity contribution in [2.24, 2.45) is 0 Å². The molecule has 2 aromatic heterocycles. The van der Waals surface area contributed by atoms with E-state index in [4.69, 9.17) is 4.98 Å². The summed E-state index contributed by atoms with van der Waals surface area (Å²) < 4.78 is 0. The smallest absolute Gasteiger partial charge is 0.219 e. The third-order valence-electron chi connectivity index (χ3n) is 5.04. The van der Waals surface area contributed by atoms with Crippen LogP contribution in [0.5, 0.6) is 0 Å². The van der Waals surface area contributed by atoms with Crippen molar-refractivity contribution in [1.29, 1.82) is 0 Å². The van der Waals surface area contributed by atoms with Crippen molar-refractivity contribution in [3.05, 3.63) is 46.7 Å². The molecule has 1 aliphatic rings. The Morgan fingerprint density at radius 3 is 2.85 bits per heavy atom. The zero-order valence-electron chi connectivity index (χ0n) is 16.1. The number of amides is 1. The van der Waals surface area contributed by atoms with Crippen LogP contribution in [0.15, 0.2) is 18.2 Å². The third-order valence-corrected chi connectivity index (χ3v) is 5.04. The quantitative estimate of drug-likeness (QED) is 0.746. The number of aromatic nitrogens is 4. The Hall–Kier alpha value is -2.96. The summed E-state index contributed by atoms with van der Waals surface area (Å²) in [5.74, 6) is 2.50. The Labute approximate surface area is 158 Å². The average molecular weight is 364 g/mol. The second-order valence-electron chi connectivity index (χ2n) is 7.24. The summed E-state index contributed by atoms with van der Waals surface area (Å²) >= 11 is 0. The van der Waals surface area contributed by atoms with Crippen LogP contribution >= 0.6 is 0 Å². The number of aryl methyl sites for hydroxylation is 2. The number of hydrogen-bond acceptors (Lipinski definition) is 5. The Balaban J connectivity index is 1.62. The van der Waals surface area contributed by atoms with E-state index in [1.807, 2.05) is 17.9 Å². The standard InChI is InChI=1S/C20H24N6O/c1-11-5-6-16-17(9-11)25-19(24-16)12(2)21-20-15-7-8-26(14(4)27)10-18(15)22-13(3)23-20/h5-6,9,12H,7-8,10H2,1-4H3,(H,24,25)(H,21,22,23). The van der Waals surface area contributed by atoms with Crippen LogP contribution in [0.3, 0.4) is 0 Å². The molecule has 0 saturated heterocycles. The van der Waals surface area contributed by atoms with Crippen LogP contribution in [0.1, 0.15) is 48.4 Å². The second-order valence-corrected chi connectivity index (χ2v) is 7.24. The minimum atomic E-state index is -0.0260. The molecule has 0 radical (unpaired) electrons. The van der Waals surface area contributed by atoms with Gasteiger partial charge in [0, 0.05) is 19.0 Å². The highest BCUT2D eigenvalue weighted by molar-refractivity contribution is 5.76. The number of H-pyrrole nitrogens is 1. The predicted octanol–water partition coefficient (Wildman–Crippen LogP) is 3.05. The van der Waals surface area contributed by atoms with Gasteiger partial charge in [-0.25, -0.2) is 15.0 Å². The monoisotopic (exact) mass is 364 g/mol. The lowest BCUT2D eigenvalue weighted by Crippen LogP contribution is -2.35. The summed E-state index contributed by atoms with van der Waals surface area (Å²) in [6.07, 6.45) is 0.754. The third kappa shape index (κ3) is 3.37. The lowest BCUT2D eigenvalue weighted by molar-refractivity contribution is -0.129. The first-order valence-corrected chi connectivity index (χ1v) is 9.25. The van der Waals surface area contributed by atoms with Crippen molar-refractivity contribution in [3.63, 3.8) is 0 Å². The number of benzene rings is 1. The lowest BCUT2D eigenvalue weighted by Gasteiger charge is -2.29. The van der Waals surface area contributed by atoms with Crippen LogP contribution in [-0.4, -0.2) is 37.3 Å². The highest BCUT2D eigenvalue weighted by Gasteiger charge is 2.24. The molecule has 0 spiro atoms. The van der Waals surface area contributed by atoms with E-state index in [1.165, 1.54) is 5.56 Å². The van der Waals surface area contributed by atoms with Gasteiger partial charge in [-0.3, -0.25) is 4.79 Å². The van der Waals surface area contributed by atoms with Gasteiger partial charge in [-0.2, -0.15) is 0 Å². The number of nitrogens with zero attached hydrogens (tertiary/aromatic N) is 4. The molecule has 4 rings (SSSR count). The van der Waals surface area contributed by atoms with Gasteiger partial charge in [0.15, 0.2) is 0 Å². The van der Waals surface area contributed by atoms with Crippen molar-refractivity contribution in [2.45, 2.75) is 46.7 Å². The average Bonchev–Trinajstić information content (AvgIpc) is 3.04. The van der Waals surface area contributed by atoms with Gasteiger partial charge in [-0.05, 0) is 44.9 Å². The summed E-state index contributed by atoms with van der Waals surface area (Å²) in [4.78, 5) is 30.8. The molecule has 3 aromatic rings. The van der Waals surface area contributed by atoms with Crippen molar-refractivity contribution in [2.75, 3.05) is 11.9 Å². The van der Waals surface area contributed by atoms with E-state index in [1.54, 1.807) is 6.92 Å². The van der Waals surface area contributed by atoms with Gasteiger partial charge in [0.2, 0.25) is 5.91 Å². The number of fused-ring (bicyclic) bond motifs is 2. The number of imidazole rings is 1. The second kappa shape index (κ2) is 6.64. The van der Waals surface area contributed by atoms with Gasteiger partial charge < -0.3 is 15.2 Å². The van der Waals surface area contributed by atoms with E-state index in [2.05, 4.69) is 46.2 Å². The van der Waals surface area contributed by atoms with Gasteiger partial charge in [-0.1, -0.05) is 6.07 Å². The topological polar surface area (TPSA) is 86.8 Å². The van der Waals surface area contributed by atoms with E-state index in [-0.39, 0.29) is 11.9 Å². The largest absolute Gasteiger partial charge is 0.360 e. The summed E-state index contributed by atoms with van der Waals surface area (Å²) in [5, 5.41) is 3.50. The maximum absolute atomic E-state index is 11.7. The molecule has 1 atom stereocenters. The van der Waals surface area contributed by atoms with Gasteiger partial charge >= 0.3 is 0 Å². The Bertz CT molecular complexity index is 1020. The van der Waals surface area contributed by atoms with Gasteiger partial charge in [-0.15, -0.1) is 0 Å². The molecule has 27 heavy (non-hydrogen) atoms. The predicted molar refractivity (Wildman–Crippen MR) is 104 cm³/mol. The number of rotatable bonds is 3. The zero-order valence-corrected chi connectivity index (χ0v) is 16.1. The van der Waals surface area contributed by atoms with Crippen LogP contribution < -0.4 is 5.32 Å². The minimum absolute atomic E-state index is 0.0260. The van der Waals surface area contributed by atoms with Gasteiger partial charge in [0.1, 0.15) is 17.5 Å². The maximum atomic E-state index is 11.7. The Morgan fingerprint density at radius 1 is 1.26 bits per heavy atom. The number of aromatic amines is 1. The van der Waals surface area contributed by atoms with Crippen LogP contribution in [0.2, 0.25) is 0 Å². The fourth-order valence-corrected chi connectivity index (χ4v) is 3.56. The molecule has 140 valence electrons. The molecule has 1 aromatic carbocycles. The summed E-state index contributed by atoms with van der Waals surface area (Å²) in [6.45, 7) is 8.86. The molecular weight excluding hydrogens is 340 g/mol. The van der Waals surface area contributed by atoms with Crippen molar-refractivity contribution < 1.29 is 4.79 Å². The molecular formula is C20H24N6O. The first-order valence-electron chi connectivity index (χ1n) is 9.25. The van der Waals surface area contributed by atoms with Gasteiger partial charge in [0.25, 0.3) is 0 Å². The number of carbonyl (C=O) groups excluding carboxylic acids is 1. The van der Waals surface area contributed by atoms with Crippen molar-refractivity contribution >= 4 is 22.8 Å². The van der Waals surface area contributed by atoms with Crippen molar-refractivity contribution in [3.8, 4) is 0 Å². The Morgan fingerprint density at radius 2 is 2.07 bits per heavy atom. The van der Waals surface area contributed by atoms with Crippen LogP contribution in [0.25, 0.3) is 11.0 Å². The molecule has 2 N–H and O–H groups in total. The normalized spacial score (nSPS) is 14.9. The molecule has 1 amide bonds. The fraction of sp³-hybridized carbons (Fsp3) is 0.400. The molecule has 0 fully saturated rings. The molecule has 1 unspecified atom stereocenters. The molecule has 0 aliphatic carbocycles. The molecule has 3 heterocycles. The summed E-state index contributed by atoms with van der Waals surface area (Å²) in [6, 6.07) is 6.17. The van der Waals surface area contributed by atoms with E-state index >= 15 is 0 Å². The number of hydrogen-bond donors (Lipinski definition) is 2. The SMILES string of the molecule is CC(=O)N1CCc2c(nc(C)nc2NC(C)c2nc3ccc(C)cc3[nH]2)C1. The highest BCUT2D eigenvalue weighted by Crippen LogP contribution is 2.27. The lowest BCUT2D eigenvalue weighted by atomic mass is 10.0. The van der Waals surface area contributed by atoms with E-state index < -0.39 is 0 Å². The molecule has 7 heteroatoms. The fourth-order valence-electron chi connectivity index (χ4n) is 3.56. The maximum Gasteiger partial charge on any atom is 0.219 e. The Kier molecular flexibility index (Phi) is 4.30. The number of anilines is 1. The van der Waals surface area contributed by atoms with Crippen LogP contribution in [0.4, 0.5) is 5.82 Å². The zero-order chi connectivity index (χ0) is 19.1. The van der Waals surface area contributed by atoms with E-state index in [0.717, 1.165) is 40.4 Å². The highest BCUT2D eigenvalue weighted by atomic mass is 16.2. The minimum Gasteiger partial charge on any atom is -0.360 e. The summed E-state index contributed by atoms with van der Waals surface area (Å²) in [5.41, 5.74) is 5.23. The molecule has 1 aliphatic heterocycles. The summed E-state index contributed by atoms with van der Waals surface area (Å²) in [7, 11) is 0. The van der Waals surface area contributed by atoms with Crippen LogP contribution in [-0.2, 0) is 17.8 Å². The van der Waals surface area contributed by atoms with Crippen molar-refractivity contribution in [1.82, 2.24) is 24.8 Å². The number of carbonyl (C=O) groups is 1. The molecule has 7 nitrogen and oxygen atoms in total. The van der Waals surface area contributed by atoms with Gasteiger partial charge in [0.05, 0.1) is 29.3 Å².